The number of hydrogen-bond acceptors (Lipinski definition) is 2. The summed E-state index contributed by atoms with van der Waals surface area (Å²) in [6.07, 6.45) is 9.69. The molecule has 2 atom stereocenters. The summed E-state index contributed by atoms with van der Waals surface area (Å²) < 4.78 is 13.0. The number of ether oxygens (including phenoxy) is 2. The number of alkyl halides is 2. The molecule has 3 aromatic rings. The van der Waals surface area contributed by atoms with Crippen molar-refractivity contribution in [3.63, 3.8) is 0 Å². The van der Waals surface area contributed by atoms with Gasteiger partial charge in [0.05, 0.1) is 19.1 Å². The lowest BCUT2D eigenvalue weighted by molar-refractivity contribution is 0.275. The monoisotopic (exact) mass is 638 g/mol. The standard InChI is InChI=1S/C40H56Cl2O2/c1-29(2)13-10-15-31(5)21-23-43-36-20-12-19-34(25-36)37-26-35(27-41)39(33-17-8-7-9-18-33)40(38(37)28-42)44-24-22-32(6)16-11-14-30(3)4/h7-9,12,17-20,25-26,29-32H,10-11,13-16,21-24,27-28H2,1-6H3. The molecule has 0 heterocycles. The van der Waals surface area contributed by atoms with E-state index in [0.717, 1.165) is 76.2 Å². The Hall–Kier alpha value is -2.16. The van der Waals surface area contributed by atoms with Gasteiger partial charge in [-0.25, -0.2) is 0 Å². The molecule has 4 heteroatoms. The molecule has 0 saturated heterocycles. The maximum Gasteiger partial charge on any atom is 0.132 e. The molecule has 0 fully saturated rings. The van der Waals surface area contributed by atoms with Gasteiger partial charge in [-0.2, -0.15) is 0 Å². The van der Waals surface area contributed by atoms with Crippen molar-refractivity contribution in [2.45, 2.75) is 105 Å². The molecule has 0 N–H and O–H groups in total. The number of halogens is 2. The van der Waals surface area contributed by atoms with E-state index in [9.17, 15) is 0 Å². The summed E-state index contributed by atoms with van der Waals surface area (Å²) in [5.74, 6) is 5.26. The molecule has 3 aromatic carbocycles. The molecule has 0 aromatic heterocycles. The molecule has 0 amide bonds. The second-order valence-electron chi connectivity index (χ2n) is 13.6. The third-order valence-corrected chi connectivity index (χ3v) is 9.20. The fraction of sp³-hybridized carbons (Fsp3) is 0.550. The Kier molecular flexibility index (Phi) is 16.0. The fourth-order valence-electron chi connectivity index (χ4n) is 5.86. The van der Waals surface area contributed by atoms with Gasteiger partial charge in [0.15, 0.2) is 0 Å². The van der Waals surface area contributed by atoms with Crippen LogP contribution in [-0.4, -0.2) is 13.2 Å². The Morgan fingerprint density at radius 1 is 0.591 bits per heavy atom. The number of benzene rings is 3. The average Bonchev–Trinajstić information content (AvgIpc) is 3.00. The van der Waals surface area contributed by atoms with Crippen molar-refractivity contribution < 1.29 is 9.47 Å². The summed E-state index contributed by atoms with van der Waals surface area (Å²) in [7, 11) is 0. The van der Waals surface area contributed by atoms with Crippen molar-refractivity contribution in [3.8, 4) is 33.8 Å². The van der Waals surface area contributed by atoms with Crippen molar-refractivity contribution >= 4 is 23.2 Å². The van der Waals surface area contributed by atoms with Crippen LogP contribution in [0, 0.1) is 23.7 Å². The van der Waals surface area contributed by atoms with Gasteiger partial charge in [0.1, 0.15) is 11.5 Å². The van der Waals surface area contributed by atoms with E-state index in [1.54, 1.807) is 0 Å². The maximum absolute atomic E-state index is 6.76. The molecule has 2 nitrogen and oxygen atoms in total. The maximum atomic E-state index is 6.76. The van der Waals surface area contributed by atoms with Crippen LogP contribution in [0.3, 0.4) is 0 Å². The first kappa shape index (κ1) is 36.3. The van der Waals surface area contributed by atoms with Crippen LogP contribution in [0.15, 0.2) is 60.7 Å². The minimum atomic E-state index is 0.343. The van der Waals surface area contributed by atoms with Gasteiger partial charge < -0.3 is 9.47 Å². The molecular formula is C40H56Cl2O2. The van der Waals surface area contributed by atoms with Crippen LogP contribution >= 0.6 is 23.2 Å². The molecule has 0 saturated carbocycles. The third kappa shape index (κ3) is 11.6. The van der Waals surface area contributed by atoms with Crippen LogP contribution in [0.25, 0.3) is 22.3 Å². The lowest BCUT2D eigenvalue weighted by atomic mass is 9.90. The van der Waals surface area contributed by atoms with E-state index in [0.29, 0.717) is 30.2 Å². The zero-order valence-corrected chi connectivity index (χ0v) is 29.7. The summed E-state index contributed by atoms with van der Waals surface area (Å²) in [6, 6.07) is 21.0. The third-order valence-electron chi connectivity index (χ3n) is 8.64. The predicted molar refractivity (Wildman–Crippen MR) is 192 cm³/mol. The summed E-state index contributed by atoms with van der Waals surface area (Å²) in [5.41, 5.74) is 6.32. The Labute approximate surface area is 278 Å². The molecule has 0 aliphatic rings. The molecule has 0 radical (unpaired) electrons. The first-order valence-corrected chi connectivity index (χ1v) is 18.0. The van der Waals surface area contributed by atoms with Crippen molar-refractivity contribution in [1.82, 2.24) is 0 Å². The second-order valence-corrected chi connectivity index (χ2v) is 14.1. The first-order chi connectivity index (χ1) is 21.2. The van der Waals surface area contributed by atoms with Crippen molar-refractivity contribution in [2.75, 3.05) is 13.2 Å². The van der Waals surface area contributed by atoms with Crippen LogP contribution in [0.4, 0.5) is 0 Å². The molecule has 0 aliphatic heterocycles. The summed E-state index contributed by atoms with van der Waals surface area (Å²) in [6.45, 7) is 15.2. The van der Waals surface area contributed by atoms with E-state index in [2.05, 4.69) is 90.1 Å². The van der Waals surface area contributed by atoms with E-state index in [1.807, 2.05) is 12.1 Å². The minimum Gasteiger partial charge on any atom is -0.494 e. The highest BCUT2D eigenvalue weighted by atomic mass is 35.5. The highest BCUT2D eigenvalue weighted by molar-refractivity contribution is 6.19. The number of rotatable bonds is 20. The van der Waals surface area contributed by atoms with Gasteiger partial charge in [-0.15, -0.1) is 23.2 Å². The Balaban J connectivity index is 1.86. The molecule has 0 aliphatic carbocycles. The van der Waals surface area contributed by atoms with E-state index < -0.39 is 0 Å². The van der Waals surface area contributed by atoms with E-state index >= 15 is 0 Å². The molecule has 44 heavy (non-hydrogen) atoms. The molecular weight excluding hydrogens is 583 g/mol. The van der Waals surface area contributed by atoms with Gasteiger partial charge >= 0.3 is 0 Å². The summed E-state index contributed by atoms with van der Waals surface area (Å²) in [5, 5.41) is 0. The largest absolute Gasteiger partial charge is 0.494 e. The lowest BCUT2D eigenvalue weighted by Crippen LogP contribution is -2.08. The van der Waals surface area contributed by atoms with Crippen LogP contribution in [0.1, 0.15) is 104 Å². The predicted octanol–water partition coefficient (Wildman–Crippen LogP) is 13.0. The van der Waals surface area contributed by atoms with Gasteiger partial charge in [-0.1, -0.05) is 123 Å². The average molecular weight is 640 g/mol. The van der Waals surface area contributed by atoms with Crippen molar-refractivity contribution in [1.29, 1.82) is 0 Å². The van der Waals surface area contributed by atoms with Gasteiger partial charge in [0.2, 0.25) is 0 Å². The van der Waals surface area contributed by atoms with Gasteiger partial charge in [0.25, 0.3) is 0 Å². The Bertz CT molecular complexity index is 1240. The molecule has 242 valence electrons. The zero-order valence-electron chi connectivity index (χ0n) is 28.1. The Morgan fingerprint density at radius 3 is 1.75 bits per heavy atom. The van der Waals surface area contributed by atoms with E-state index in [4.69, 9.17) is 32.7 Å². The highest BCUT2D eigenvalue weighted by Crippen LogP contribution is 2.44. The van der Waals surface area contributed by atoms with Crippen LogP contribution in [0.5, 0.6) is 11.5 Å². The highest BCUT2D eigenvalue weighted by Gasteiger charge is 2.22. The van der Waals surface area contributed by atoms with E-state index in [1.165, 1.54) is 38.5 Å². The van der Waals surface area contributed by atoms with Crippen LogP contribution in [0.2, 0.25) is 0 Å². The van der Waals surface area contributed by atoms with Gasteiger partial charge in [0, 0.05) is 17.0 Å². The number of hydrogen-bond donors (Lipinski definition) is 0. The van der Waals surface area contributed by atoms with Gasteiger partial charge in [-0.05, 0) is 77.0 Å². The fourth-order valence-corrected chi connectivity index (χ4v) is 6.34. The molecule has 2 unspecified atom stereocenters. The molecule has 3 rings (SSSR count). The smallest absolute Gasteiger partial charge is 0.132 e. The van der Waals surface area contributed by atoms with Crippen LogP contribution < -0.4 is 9.47 Å². The van der Waals surface area contributed by atoms with Crippen molar-refractivity contribution in [2.24, 2.45) is 23.7 Å². The normalized spacial score (nSPS) is 13.0. The van der Waals surface area contributed by atoms with Crippen molar-refractivity contribution in [3.05, 3.63) is 71.8 Å². The zero-order chi connectivity index (χ0) is 31.9. The minimum absolute atomic E-state index is 0.343. The lowest BCUT2D eigenvalue weighted by Gasteiger charge is -2.23. The van der Waals surface area contributed by atoms with Crippen LogP contribution in [-0.2, 0) is 11.8 Å². The summed E-state index contributed by atoms with van der Waals surface area (Å²) in [4.78, 5) is 0. The molecule has 0 spiro atoms. The van der Waals surface area contributed by atoms with Gasteiger partial charge in [-0.3, -0.25) is 0 Å². The van der Waals surface area contributed by atoms with E-state index in [-0.39, 0.29) is 0 Å². The topological polar surface area (TPSA) is 18.5 Å². The quantitative estimate of drug-likeness (QED) is 0.115. The Morgan fingerprint density at radius 2 is 1.18 bits per heavy atom. The summed E-state index contributed by atoms with van der Waals surface area (Å²) >= 11 is 13.4. The molecule has 0 bridgehead atoms. The first-order valence-electron chi connectivity index (χ1n) is 17.0. The second kappa shape index (κ2) is 19.4. The SMILES string of the molecule is CC(C)CCCC(C)CCOc1cccc(-c2cc(CCl)c(-c3ccccc3)c(OCCC(C)CCCC(C)C)c2CCl)c1.